The summed E-state index contributed by atoms with van der Waals surface area (Å²) in [5.41, 5.74) is 11.5. The molecule has 0 aliphatic carbocycles. The van der Waals surface area contributed by atoms with E-state index in [9.17, 15) is 4.79 Å². The highest BCUT2D eigenvalue weighted by Crippen LogP contribution is 2.30. The van der Waals surface area contributed by atoms with Gasteiger partial charge in [-0.2, -0.15) is 4.37 Å². The van der Waals surface area contributed by atoms with E-state index in [1.165, 1.54) is 11.5 Å². The Morgan fingerprint density at radius 3 is 2.55 bits per heavy atom. The van der Waals surface area contributed by atoms with Crippen molar-refractivity contribution in [3.05, 3.63) is 5.56 Å². The van der Waals surface area contributed by atoms with Crippen molar-refractivity contribution in [2.45, 2.75) is 0 Å². The molecule has 0 saturated carbocycles. The number of rotatable bonds is 5. The second kappa shape index (κ2) is 6.38. The fraction of sp³-hybridized carbons (Fsp3) is 0.667. The molecule has 1 aliphatic heterocycles. The SMILES string of the molecule is CN(C)CCN1CCN(c2snc(N)c2C(N)=O)CC1. The van der Waals surface area contributed by atoms with Crippen molar-refractivity contribution in [2.75, 3.05) is 64.0 Å². The van der Waals surface area contributed by atoms with Crippen molar-refractivity contribution in [1.29, 1.82) is 0 Å². The van der Waals surface area contributed by atoms with Gasteiger partial charge < -0.3 is 21.3 Å². The van der Waals surface area contributed by atoms with Crippen LogP contribution in [0.3, 0.4) is 0 Å². The van der Waals surface area contributed by atoms with Crippen molar-refractivity contribution in [3.8, 4) is 0 Å². The molecular formula is C12H22N6OS. The maximum atomic E-state index is 11.5. The lowest BCUT2D eigenvalue weighted by Crippen LogP contribution is -2.48. The molecule has 1 aromatic rings. The molecule has 112 valence electrons. The standard InChI is InChI=1S/C12H22N6OS/c1-16(2)3-4-17-5-7-18(8-6-17)12-9(11(14)19)10(13)15-20-12/h3-8H2,1-2H3,(H2,13,15)(H2,14,19). The Balaban J connectivity index is 1.96. The number of amides is 1. The summed E-state index contributed by atoms with van der Waals surface area (Å²) in [7, 11) is 4.16. The number of nitrogens with two attached hydrogens (primary N) is 2. The molecule has 1 aromatic heterocycles. The van der Waals surface area contributed by atoms with Crippen LogP contribution in [0.2, 0.25) is 0 Å². The molecule has 0 unspecified atom stereocenters. The number of likely N-dealkylation sites (N-methyl/N-ethyl adjacent to an activating group) is 1. The second-order valence-corrected chi connectivity index (χ2v) is 6.00. The van der Waals surface area contributed by atoms with Gasteiger partial charge in [-0.15, -0.1) is 0 Å². The lowest BCUT2D eigenvalue weighted by molar-refractivity contribution is 0.100. The first-order chi connectivity index (χ1) is 9.49. The van der Waals surface area contributed by atoms with Crippen LogP contribution in [-0.2, 0) is 0 Å². The first-order valence-electron chi connectivity index (χ1n) is 6.66. The largest absolute Gasteiger partial charge is 0.382 e. The first kappa shape index (κ1) is 15.0. The first-order valence-corrected chi connectivity index (χ1v) is 7.43. The second-order valence-electron chi connectivity index (χ2n) is 5.24. The van der Waals surface area contributed by atoms with Crippen LogP contribution in [0.15, 0.2) is 0 Å². The summed E-state index contributed by atoms with van der Waals surface area (Å²) in [5.74, 6) is -0.256. The summed E-state index contributed by atoms with van der Waals surface area (Å²) in [4.78, 5) is 18.2. The van der Waals surface area contributed by atoms with E-state index >= 15 is 0 Å². The van der Waals surface area contributed by atoms with Crippen molar-refractivity contribution >= 4 is 28.3 Å². The van der Waals surface area contributed by atoms with Gasteiger partial charge in [0.25, 0.3) is 5.91 Å². The number of hydrogen-bond acceptors (Lipinski definition) is 7. The molecule has 1 aliphatic rings. The van der Waals surface area contributed by atoms with Gasteiger partial charge in [0.1, 0.15) is 10.6 Å². The third-order valence-corrected chi connectivity index (χ3v) is 4.39. The molecule has 7 nitrogen and oxygen atoms in total. The van der Waals surface area contributed by atoms with Crippen LogP contribution in [0.1, 0.15) is 10.4 Å². The molecule has 1 fully saturated rings. The minimum Gasteiger partial charge on any atom is -0.382 e. The molecular weight excluding hydrogens is 276 g/mol. The topological polar surface area (TPSA) is 91.7 Å². The number of anilines is 2. The van der Waals surface area contributed by atoms with E-state index in [0.29, 0.717) is 5.56 Å². The number of piperazine rings is 1. The Morgan fingerprint density at radius 2 is 2.00 bits per heavy atom. The van der Waals surface area contributed by atoms with Crippen LogP contribution in [0, 0.1) is 0 Å². The van der Waals surface area contributed by atoms with Crippen LogP contribution < -0.4 is 16.4 Å². The molecule has 0 aromatic carbocycles. The highest BCUT2D eigenvalue weighted by atomic mass is 32.1. The predicted octanol–water partition coefficient (Wildman–Crippen LogP) is -0.492. The highest BCUT2D eigenvalue weighted by molar-refractivity contribution is 7.11. The Bertz CT molecular complexity index is 467. The van der Waals surface area contributed by atoms with Gasteiger partial charge in [-0.05, 0) is 25.6 Å². The van der Waals surface area contributed by atoms with Gasteiger partial charge in [-0.1, -0.05) is 0 Å². The van der Waals surface area contributed by atoms with Crippen LogP contribution in [0.4, 0.5) is 10.8 Å². The minimum atomic E-state index is -0.499. The van der Waals surface area contributed by atoms with Gasteiger partial charge in [-0.3, -0.25) is 9.69 Å². The molecule has 0 radical (unpaired) electrons. The summed E-state index contributed by atoms with van der Waals surface area (Å²) in [5, 5.41) is 0.808. The molecule has 0 bridgehead atoms. The van der Waals surface area contributed by atoms with Gasteiger partial charge in [0.2, 0.25) is 0 Å². The fourth-order valence-electron chi connectivity index (χ4n) is 2.26. The summed E-state index contributed by atoms with van der Waals surface area (Å²) in [6.07, 6.45) is 0. The fourth-order valence-corrected chi connectivity index (χ4v) is 3.13. The molecule has 2 rings (SSSR count). The van der Waals surface area contributed by atoms with E-state index in [0.717, 1.165) is 44.3 Å². The highest BCUT2D eigenvalue weighted by Gasteiger charge is 2.24. The van der Waals surface area contributed by atoms with Crippen molar-refractivity contribution in [1.82, 2.24) is 14.2 Å². The van der Waals surface area contributed by atoms with E-state index in [4.69, 9.17) is 11.5 Å². The van der Waals surface area contributed by atoms with E-state index in [1.54, 1.807) is 0 Å². The van der Waals surface area contributed by atoms with Gasteiger partial charge >= 0.3 is 0 Å². The number of nitrogen functional groups attached to an aromatic ring is 1. The number of carbonyl (C=O) groups excluding carboxylic acids is 1. The van der Waals surface area contributed by atoms with Gasteiger partial charge in [-0.25, -0.2) is 0 Å². The van der Waals surface area contributed by atoms with E-state index in [1.807, 2.05) is 0 Å². The zero-order chi connectivity index (χ0) is 14.7. The van der Waals surface area contributed by atoms with Crippen LogP contribution in [-0.4, -0.2) is 73.4 Å². The smallest absolute Gasteiger partial charge is 0.255 e. The van der Waals surface area contributed by atoms with Gasteiger partial charge in [0, 0.05) is 39.3 Å². The number of aromatic nitrogens is 1. The van der Waals surface area contributed by atoms with Crippen molar-refractivity contribution in [2.24, 2.45) is 5.73 Å². The number of carbonyl (C=O) groups is 1. The molecule has 1 saturated heterocycles. The average Bonchev–Trinajstić information content (AvgIpc) is 2.79. The third kappa shape index (κ3) is 3.38. The minimum absolute atomic E-state index is 0.243. The Labute approximate surface area is 123 Å². The monoisotopic (exact) mass is 298 g/mol. The normalized spacial score (nSPS) is 16.9. The molecule has 8 heteroatoms. The van der Waals surface area contributed by atoms with Crippen molar-refractivity contribution in [3.63, 3.8) is 0 Å². The summed E-state index contributed by atoms with van der Waals surface area (Å²) < 4.78 is 4.05. The number of nitrogens with zero attached hydrogens (tertiary/aromatic N) is 4. The van der Waals surface area contributed by atoms with E-state index in [-0.39, 0.29) is 5.82 Å². The quantitative estimate of drug-likeness (QED) is 0.762. The molecule has 1 amide bonds. The molecule has 0 atom stereocenters. The van der Waals surface area contributed by atoms with Crippen LogP contribution in [0.5, 0.6) is 0 Å². The molecule has 0 spiro atoms. The number of hydrogen-bond donors (Lipinski definition) is 2. The summed E-state index contributed by atoms with van der Waals surface area (Å²) in [6, 6.07) is 0. The zero-order valence-electron chi connectivity index (χ0n) is 12.0. The molecule has 20 heavy (non-hydrogen) atoms. The molecule has 4 N–H and O–H groups in total. The summed E-state index contributed by atoms with van der Waals surface area (Å²) in [6.45, 7) is 5.81. The van der Waals surface area contributed by atoms with E-state index in [2.05, 4.69) is 33.2 Å². The summed E-state index contributed by atoms with van der Waals surface area (Å²) >= 11 is 1.25. The third-order valence-electron chi connectivity index (χ3n) is 3.47. The van der Waals surface area contributed by atoms with Crippen LogP contribution in [0.25, 0.3) is 0 Å². The molecule has 2 heterocycles. The Kier molecular flexibility index (Phi) is 4.79. The van der Waals surface area contributed by atoms with E-state index < -0.39 is 5.91 Å². The van der Waals surface area contributed by atoms with Crippen molar-refractivity contribution < 1.29 is 4.79 Å². The Morgan fingerprint density at radius 1 is 1.35 bits per heavy atom. The maximum Gasteiger partial charge on any atom is 0.255 e. The van der Waals surface area contributed by atoms with Gasteiger partial charge in [0.15, 0.2) is 5.82 Å². The Hall–Kier alpha value is -1.38. The predicted molar refractivity (Wildman–Crippen MR) is 82.3 cm³/mol. The van der Waals surface area contributed by atoms with Gasteiger partial charge in [0.05, 0.1) is 0 Å². The average molecular weight is 298 g/mol. The lowest BCUT2D eigenvalue weighted by atomic mass is 10.2. The zero-order valence-corrected chi connectivity index (χ0v) is 12.8. The van der Waals surface area contributed by atoms with Crippen LogP contribution >= 0.6 is 11.5 Å². The number of primary amides is 1. The maximum absolute atomic E-state index is 11.5. The lowest BCUT2D eigenvalue weighted by Gasteiger charge is -2.35.